The van der Waals surface area contributed by atoms with Gasteiger partial charge < -0.3 is 14.3 Å². The predicted molar refractivity (Wildman–Crippen MR) is 59.0 cm³/mol. The Balaban J connectivity index is 2.55. The number of para-hydroxylation sites is 1. The molecular weight excluding hydrogens is 208 g/mol. The summed E-state index contributed by atoms with van der Waals surface area (Å²) in [5.74, 6) is -0.915. The monoisotopic (exact) mass is 220 g/mol. The Kier molecular flexibility index (Phi) is 2.81. The predicted octanol–water partition coefficient (Wildman–Crippen LogP) is 2.92. The largest absolute Gasteiger partial charge is 0.489 e. The fourth-order valence-corrected chi connectivity index (χ4v) is 1.51. The SMILES string of the molecule is CCCOc1c(C(=O)O)oc2ccccc12. The maximum atomic E-state index is 11.0. The van der Waals surface area contributed by atoms with E-state index in [-0.39, 0.29) is 5.76 Å². The van der Waals surface area contributed by atoms with Crippen LogP contribution in [0.5, 0.6) is 5.75 Å². The third kappa shape index (κ3) is 1.74. The molecule has 1 N–H and O–H groups in total. The summed E-state index contributed by atoms with van der Waals surface area (Å²) < 4.78 is 10.7. The van der Waals surface area contributed by atoms with Crippen molar-refractivity contribution in [1.29, 1.82) is 0 Å². The van der Waals surface area contributed by atoms with Gasteiger partial charge >= 0.3 is 5.97 Å². The fraction of sp³-hybridized carbons (Fsp3) is 0.250. The van der Waals surface area contributed by atoms with Crippen molar-refractivity contribution in [2.45, 2.75) is 13.3 Å². The molecule has 4 nitrogen and oxygen atoms in total. The van der Waals surface area contributed by atoms with Crippen LogP contribution < -0.4 is 4.74 Å². The fourth-order valence-electron chi connectivity index (χ4n) is 1.51. The smallest absolute Gasteiger partial charge is 0.375 e. The molecule has 0 amide bonds. The summed E-state index contributed by atoms with van der Waals surface area (Å²) in [5, 5.41) is 9.69. The first-order valence-electron chi connectivity index (χ1n) is 5.11. The van der Waals surface area contributed by atoms with Crippen LogP contribution in [0.1, 0.15) is 23.9 Å². The molecule has 2 rings (SSSR count). The second kappa shape index (κ2) is 4.26. The lowest BCUT2D eigenvalue weighted by Crippen LogP contribution is -2.01. The van der Waals surface area contributed by atoms with E-state index >= 15 is 0 Å². The lowest BCUT2D eigenvalue weighted by atomic mass is 10.2. The first-order chi connectivity index (χ1) is 7.74. The van der Waals surface area contributed by atoms with Crippen LogP contribution >= 0.6 is 0 Å². The van der Waals surface area contributed by atoms with Crippen molar-refractivity contribution < 1.29 is 19.1 Å². The number of rotatable bonds is 4. The zero-order valence-corrected chi connectivity index (χ0v) is 8.90. The Morgan fingerprint density at radius 3 is 2.88 bits per heavy atom. The van der Waals surface area contributed by atoms with Crippen molar-refractivity contribution in [1.82, 2.24) is 0 Å². The van der Waals surface area contributed by atoms with E-state index in [1.54, 1.807) is 18.2 Å². The molecular formula is C12H12O4. The van der Waals surface area contributed by atoms with Crippen molar-refractivity contribution in [3.8, 4) is 5.75 Å². The van der Waals surface area contributed by atoms with Gasteiger partial charge in [0.05, 0.1) is 12.0 Å². The van der Waals surface area contributed by atoms with Crippen molar-refractivity contribution in [3.05, 3.63) is 30.0 Å². The molecule has 0 radical (unpaired) electrons. The number of benzene rings is 1. The number of carbonyl (C=O) groups is 1. The molecule has 0 atom stereocenters. The highest BCUT2D eigenvalue weighted by molar-refractivity contribution is 5.97. The highest BCUT2D eigenvalue weighted by atomic mass is 16.5. The number of furan rings is 1. The molecule has 0 unspecified atom stereocenters. The highest BCUT2D eigenvalue weighted by Crippen LogP contribution is 2.33. The van der Waals surface area contributed by atoms with E-state index in [2.05, 4.69) is 0 Å². The number of fused-ring (bicyclic) bond motifs is 1. The van der Waals surface area contributed by atoms with Gasteiger partial charge in [0.15, 0.2) is 5.75 Å². The molecule has 0 saturated heterocycles. The number of carboxylic acid groups (broad SMARTS) is 1. The molecule has 0 aliphatic heterocycles. The molecule has 0 aliphatic carbocycles. The van der Waals surface area contributed by atoms with Gasteiger partial charge in [-0.05, 0) is 18.6 Å². The van der Waals surface area contributed by atoms with Crippen LogP contribution in [-0.4, -0.2) is 17.7 Å². The lowest BCUT2D eigenvalue weighted by Gasteiger charge is -2.02. The average molecular weight is 220 g/mol. The van der Waals surface area contributed by atoms with Gasteiger partial charge in [0.2, 0.25) is 0 Å². The van der Waals surface area contributed by atoms with E-state index in [1.807, 2.05) is 13.0 Å². The van der Waals surface area contributed by atoms with Crippen LogP contribution in [0.3, 0.4) is 0 Å². The van der Waals surface area contributed by atoms with Gasteiger partial charge in [-0.25, -0.2) is 4.79 Å². The minimum absolute atomic E-state index is 0.130. The molecule has 16 heavy (non-hydrogen) atoms. The third-order valence-electron chi connectivity index (χ3n) is 2.19. The van der Waals surface area contributed by atoms with Gasteiger partial charge in [-0.1, -0.05) is 19.1 Å². The Morgan fingerprint density at radius 1 is 1.44 bits per heavy atom. The van der Waals surface area contributed by atoms with Crippen LogP contribution in [0, 0.1) is 0 Å². The maximum Gasteiger partial charge on any atom is 0.375 e. The molecule has 1 aromatic heterocycles. The number of hydrogen-bond donors (Lipinski definition) is 1. The number of carboxylic acids is 1. The second-order valence-corrected chi connectivity index (χ2v) is 3.41. The molecule has 0 saturated carbocycles. The van der Waals surface area contributed by atoms with Gasteiger partial charge in [-0.15, -0.1) is 0 Å². The normalized spacial score (nSPS) is 10.6. The van der Waals surface area contributed by atoms with Crippen molar-refractivity contribution in [3.63, 3.8) is 0 Å². The quantitative estimate of drug-likeness (QED) is 0.860. The van der Waals surface area contributed by atoms with Crippen molar-refractivity contribution in [2.75, 3.05) is 6.61 Å². The summed E-state index contributed by atoms with van der Waals surface area (Å²) in [5.41, 5.74) is 0.533. The van der Waals surface area contributed by atoms with Crippen LogP contribution in [0.15, 0.2) is 28.7 Å². The zero-order valence-electron chi connectivity index (χ0n) is 8.90. The van der Waals surface area contributed by atoms with E-state index in [1.165, 1.54) is 0 Å². The van der Waals surface area contributed by atoms with E-state index in [0.717, 1.165) is 6.42 Å². The first-order valence-corrected chi connectivity index (χ1v) is 5.11. The van der Waals surface area contributed by atoms with Gasteiger partial charge in [0.1, 0.15) is 5.58 Å². The highest BCUT2D eigenvalue weighted by Gasteiger charge is 2.20. The molecule has 0 fully saturated rings. The minimum Gasteiger partial charge on any atom is -0.489 e. The molecule has 0 bridgehead atoms. The molecule has 4 heteroatoms. The number of hydrogen-bond acceptors (Lipinski definition) is 3. The maximum absolute atomic E-state index is 11.0. The average Bonchev–Trinajstić information content (AvgIpc) is 2.65. The van der Waals surface area contributed by atoms with Crippen LogP contribution in [0.25, 0.3) is 11.0 Å². The van der Waals surface area contributed by atoms with E-state index in [4.69, 9.17) is 14.3 Å². The standard InChI is InChI=1S/C12H12O4/c1-2-7-15-10-8-5-3-4-6-9(8)16-11(10)12(13)14/h3-6H,2,7H2,1H3,(H,13,14). The van der Waals surface area contributed by atoms with E-state index in [9.17, 15) is 4.79 Å². The van der Waals surface area contributed by atoms with Gasteiger partial charge in [0.25, 0.3) is 5.76 Å². The Morgan fingerprint density at radius 2 is 2.19 bits per heavy atom. The summed E-state index contributed by atoms with van der Waals surface area (Å²) in [6, 6.07) is 7.13. The minimum atomic E-state index is -1.11. The number of ether oxygens (including phenoxy) is 1. The second-order valence-electron chi connectivity index (χ2n) is 3.41. The third-order valence-corrected chi connectivity index (χ3v) is 2.19. The van der Waals surface area contributed by atoms with Crippen LogP contribution in [0.2, 0.25) is 0 Å². The van der Waals surface area contributed by atoms with Gasteiger partial charge in [-0.3, -0.25) is 0 Å². The summed E-state index contributed by atoms with van der Waals surface area (Å²) in [6.45, 7) is 2.44. The molecule has 1 aromatic carbocycles. The van der Waals surface area contributed by atoms with Gasteiger partial charge in [-0.2, -0.15) is 0 Å². The van der Waals surface area contributed by atoms with Crippen molar-refractivity contribution >= 4 is 16.9 Å². The number of aromatic carboxylic acids is 1. The Hall–Kier alpha value is -1.97. The summed E-state index contributed by atoms with van der Waals surface area (Å²) in [6.07, 6.45) is 0.818. The zero-order chi connectivity index (χ0) is 11.5. The van der Waals surface area contributed by atoms with Crippen LogP contribution in [0.4, 0.5) is 0 Å². The lowest BCUT2D eigenvalue weighted by molar-refractivity contribution is 0.0658. The van der Waals surface area contributed by atoms with Crippen molar-refractivity contribution in [2.24, 2.45) is 0 Å². The molecule has 0 aliphatic rings. The molecule has 0 spiro atoms. The molecule has 84 valence electrons. The first kappa shape index (κ1) is 10.5. The molecule has 1 heterocycles. The topological polar surface area (TPSA) is 59.7 Å². The summed E-state index contributed by atoms with van der Waals surface area (Å²) in [4.78, 5) is 11.0. The Labute approximate surface area is 92.4 Å². The van der Waals surface area contributed by atoms with E-state index < -0.39 is 5.97 Å². The summed E-state index contributed by atoms with van der Waals surface area (Å²) in [7, 11) is 0. The van der Waals surface area contributed by atoms with Crippen LogP contribution in [-0.2, 0) is 0 Å². The van der Waals surface area contributed by atoms with Gasteiger partial charge in [0, 0.05) is 0 Å². The molecule has 2 aromatic rings. The summed E-state index contributed by atoms with van der Waals surface area (Å²) >= 11 is 0. The van der Waals surface area contributed by atoms with E-state index in [0.29, 0.717) is 23.3 Å². The Bertz CT molecular complexity index is 513.